The van der Waals surface area contributed by atoms with Gasteiger partial charge in [-0.2, -0.15) is 0 Å². The number of benzene rings is 2. The van der Waals surface area contributed by atoms with Gasteiger partial charge in [-0.15, -0.1) is 0 Å². The van der Waals surface area contributed by atoms with E-state index in [1.54, 1.807) is 66.7 Å². The number of amides is 1. The molecule has 1 aliphatic heterocycles. The Bertz CT molecular complexity index is 1280. The summed E-state index contributed by atoms with van der Waals surface area (Å²) in [5, 5.41) is 11.2. The number of ketones is 1. The predicted octanol–water partition coefficient (Wildman–Crippen LogP) is 4.29. The van der Waals surface area contributed by atoms with Gasteiger partial charge in [0, 0.05) is 11.8 Å². The zero-order valence-corrected chi connectivity index (χ0v) is 19.3. The maximum Gasteiger partial charge on any atom is 0.301 e. The summed E-state index contributed by atoms with van der Waals surface area (Å²) in [7, 11) is 3.01. The first kappa shape index (κ1) is 23.6. The van der Waals surface area contributed by atoms with Crippen LogP contribution in [0.15, 0.2) is 85.1 Å². The first-order valence-electron chi connectivity index (χ1n) is 10.8. The van der Waals surface area contributed by atoms with Crippen molar-refractivity contribution in [3.8, 4) is 17.2 Å². The molecule has 0 spiro atoms. The monoisotopic (exact) mass is 472 g/mol. The Morgan fingerprint density at radius 1 is 1.06 bits per heavy atom. The van der Waals surface area contributed by atoms with E-state index in [1.165, 1.54) is 25.3 Å². The van der Waals surface area contributed by atoms with Gasteiger partial charge in [-0.3, -0.25) is 14.5 Å². The minimum Gasteiger partial charge on any atom is -0.507 e. The number of carbonyl (C=O) groups excluding carboxylic acids is 2. The SMILES string of the molecule is C=CCOc1ccc(C(O)=C2C(=O)C(=O)N(c3ccccn3)[C@H]2c2ccc(OC)c(OC)c2)cc1. The van der Waals surface area contributed by atoms with Crippen molar-refractivity contribution in [2.45, 2.75) is 6.04 Å². The van der Waals surface area contributed by atoms with Gasteiger partial charge in [-0.1, -0.05) is 24.8 Å². The summed E-state index contributed by atoms with van der Waals surface area (Å²) >= 11 is 0. The molecule has 0 saturated carbocycles. The highest BCUT2D eigenvalue weighted by molar-refractivity contribution is 6.51. The van der Waals surface area contributed by atoms with Gasteiger partial charge in [-0.25, -0.2) is 4.98 Å². The molecule has 0 unspecified atom stereocenters. The minimum atomic E-state index is -0.943. The highest BCUT2D eigenvalue weighted by Gasteiger charge is 2.47. The van der Waals surface area contributed by atoms with Crippen LogP contribution in [-0.2, 0) is 9.59 Å². The molecular weight excluding hydrogens is 448 g/mol. The molecule has 2 aromatic carbocycles. The Hall–Kier alpha value is -4.59. The molecule has 8 nitrogen and oxygen atoms in total. The Morgan fingerprint density at radius 2 is 1.80 bits per heavy atom. The van der Waals surface area contributed by atoms with E-state index in [4.69, 9.17) is 14.2 Å². The van der Waals surface area contributed by atoms with Crippen LogP contribution in [-0.4, -0.2) is 42.6 Å². The standard InChI is InChI=1S/C27H24N2O6/c1-4-15-35-19-11-8-17(9-12-19)25(30)23-24(18-10-13-20(33-2)21(16-18)34-3)29(27(32)26(23)31)22-7-5-6-14-28-22/h4-14,16,24,30H,1,15H2,2-3H3/t24-/m0/s1. The second-order valence-corrected chi connectivity index (χ2v) is 7.60. The minimum absolute atomic E-state index is 0.0624. The predicted molar refractivity (Wildman–Crippen MR) is 131 cm³/mol. The summed E-state index contributed by atoms with van der Waals surface area (Å²) in [5.74, 6) is -0.164. The number of aromatic nitrogens is 1. The molecule has 1 N–H and O–H groups in total. The number of Topliss-reactive ketones (excluding diaryl/α,β-unsaturated/α-hetero) is 1. The zero-order chi connectivity index (χ0) is 24.9. The van der Waals surface area contributed by atoms with Crippen LogP contribution in [0.5, 0.6) is 17.2 Å². The van der Waals surface area contributed by atoms with Crippen LogP contribution in [0.1, 0.15) is 17.2 Å². The number of pyridine rings is 1. The summed E-state index contributed by atoms with van der Waals surface area (Å²) in [6.45, 7) is 3.95. The molecule has 0 bridgehead atoms. The molecule has 0 aliphatic carbocycles. The molecule has 1 aliphatic rings. The van der Waals surface area contributed by atoms with Crippen molar-refractivity contribution in [2.75, 3.05) is 25.7 Å². The summed E-state index contributed by atoms with van der Waals surface area (Å²) in [4.78, 5) is 32.0. The molecule has 1 amide bonds. The smallest absolute Gasteiger partial charge is 0.301 e. The highest BCUT2D eigenvalue weighted by Crippen LogP contribution is 2.43. The maximum atomic E-state index is 13.2. The lowest BCUT2D eigenvalue weighted by Crippen LogP contribution is -2.30. The first-order chi connectivity index (χ1) is 17.0. The fraction of sp³-hybridized carbons (Fsp3) is 0.148. The van der Waals surface area contributed by atoms with Crippen LogP contribution in [0.3, 0.4) is 0 Å². The molecule has 8 heteroatoms. The van der Waals surface area contributed by atoms with Gasteiger partial charge in [0.15, 0.2) is 11.5 Å². The van der Waals surface area contributed by atoms with E-state index in [0.717, 1.165) is 0 Å². The van der Waals surface area contributed by atoms with Gasteiger partial charge in [0.05, 0.1) is 25.8 Å². The quantitative estimate of drug-likeness (QED) is 0.226. The Labute approximate surface area is 202 Å². The van der Waals surface area contributed by atoms with Gasteiger partial charge in [-0.05, 0) is 54.1 Å². The van der Waals surface area contributed by atoms with Gasteiger partial charge >= 0.3 is 5.91 Å². The molecule has 178 valence electrons. The van der Waals surface area contributed by atoms with Crippen molar-refractivity contribution in [3.05, 3.63) is 96.2 Å². The van der Waals surface area contributed by atoms with Gasteiger partial charge < -0.3 is 19.3 Å². The third-order valence-electron chi connectivity index (χ3n) is 5.56. The number of hydrogen-bond donors (Lipinski definition) is 1. The average Bonchev–Trinajstić information content (AvgIpc) is 3.17. The van der Waals surface area contributed by atoms with Gasteiger partial charge in [0.2, 0.25) is 0 Å². The number of methoxy groups -OCH3 is 2. The summed E-state index contributed by atoms with van der Waals surface area (Å²) in [5.41, 5.74) is 0.841. The molecule has 3 aromatic rings. The van der Waals surface area contributed by atoms with Gasteiger partial charge in [0.1, 0.15) is 23.9 Å². The van der Waals surface area contributed by atoms with Crippen molar-refractivity contribution in [2.24, 2.45) is 0 Å². The van der Waals surface area contributed by atoms with Crippen molar-refractivity contribution in [1.82, 2.24) is 4.98 Å². The van der Waals surface area contributed by atoms with Crippen LogP contribution in [0, 0.1) is 0 Å². The number of aliphatic hydroxyl groups is 1. The number of hydrogen-bond acceptors (Lipinski definition) is 7. The third kappa shape index (κ3) is 4.46. The van der Waals surface area contributed by atoms with E-state index in [9.17, 15) is 14.7 Å². The van der Waals surface area contributed by atoms with E-state index in [1.807, 2.05) is 0 Å². The lowest BCUT2D eigenvalue weighted by molar-refractivity contribution is -0.132. The van der Waals surface area contributed by atoms with E-state index in [0.29, 0.717) is 35.0 Å². The van der Waals surface area contributed by atoms with Gasteiger partial charge in [0.25, 0.3) is 5.78 Å². The summed E-state index contributed by atoms with van der Waals surface area (Å²) in [6, 6.07) is 15.7. The fourth-order valence-corrected chi connectivity index (χ4v) is 3.92. The van der Waals surface area contributed by atoms with Crippen molar-refractivity contribution in [1.29, 1.82) is 0 Å². The largest absolute Gasteiger partial charge is 0.507 e. The van der Waals surface area contributed by atoms with Crippen LogP contribution >= 0.6 is 0 Å². The second kappa shape index (κ2) is 10.1. The van der Waals surface area contributed by atoms with Crippen molar-refractivity contribution >= 4 is 23.3 Å². The molecular formula is C27H24N2O6. The van der Waals surface area contributed by atoms with Crippen LogP contribution in [0.4, 0.5) is 5.82 Å². The molecule has 4 rings (SSSR count). The molecule has 1 saturated heterocycles. The van der Waals surface area contributed by atoms with E-state index < -0.39 is 17.7 Å². The Kier molecular flexibility index (Phi) is 6.82. The average molecular weight is 472 g/mol. The van der Waals surface area contributed by atoms with Crippen LogP contribution in [0.2, 0.25) is 0 Å². The first-order valence-corrected chi connectivity index (χ1v) is 10.8. The summed E-state index contributed by atoms with van der Waals surface area (Å²) < 4.78 is 16.2. The van der Waals surface area contributed by atoms with Crippen LogP contribution in [0.25, 0.3) is 5.76 Å². The van der Waals surface area contributed by atoms with Crippen LogP contribution < -0.4 is 19.1 Å². The number of aliphatic hydroxyl groups excluding tert-OH is 1. The van der Waals surface area contributed by atoms with E-state index >= 15 is 0 Å². The lowest BCUT2D eigenvalue weighted by Gasteiger charge is -2.25. The summed E-state index contributed by atoms with van der Waals surface area (Å²) in [6.07, 6.45) is 3.15. The number of ether oxygens (including phenoxy) is 3. The Morgan fingerprint density at radius 3 is 2.43 bits per heavy atom. The molecule has 1 fully saturated rings. The van der Waals surface area contributed by atoms with Crippen molar-refractivity contribution < 1.29 is 28.9 Å². The van der Waals surface area contributed by atoms with E-state index in [2.05, 4.69) is 11.6 Å². The number of anilines is 1. The second-order valence-electron chi connectivity index (χ2n) is 7.60. The molecule has 1 aromatic heterocycles. The van der Waals surface area contributed by atoms with Crippen molar-refractivity contribution in [3.63, 3.8) is 0 Å². The molecule has 2 heterocycles. The molecule has 1 atom stereocenters. The normalized spacial score (nSPS) is 16.7. The number of nitrogens with zero attached hydrogens (tertiary/aromatic N) is 2. The zero-order valence-electron chi connectivity index (χ0n) is 19.3. The maximum absolute atomic E-state index is 13.2. The molecule has 0 radical (unpaired) electrons. The Balaban J connectivity index is 1.88. The third-order valence-corrected chi connectivity index (χ3v) is 5.56. The lowest BCUT2D eigenvalue weighted by atomic mass is 9.95. The number of rotatable bonds is 8. The molecule has 35 heavy (non-hydrogen) atoms. The topological polar surface area (TPSA) is 98.2 Å². The fourth-order valence-electron chi connectivity index (χ4n) is 3.92. The number of carbonyl (C=O) groups is 2. The van der Waals surface area contributed by atoms with E-state index in [-0.39, 0.29) is 17.2 Å². The highest BCUT2D eigenvalue weighted by atomic mass is 16.5.